The van der Waals surface area contributed by atoms with Crippen LogP contribution in [-0.4, -0.2) is 146 Å². The van der Waals surface area contributed by atoms with Gasteiger partial charge in [-0.3, -0.25) is 31.9 Å². The fourth-order valence-corrected chi connectivity index (χ4v) is 7.52. The fourth-order valence-electron chi connectivity index (χ4n) is 4.18. The number of phosphoric ester groups is 6. The van der Waals surface area contributed by atoms with Crippen LogP contribution in [0.3, 0.4) is 0 Å². The summed E-state index contributed by atoms with van der Waals surface area (Å²) in [5.74, 6) is -1.54. The summed E-state index contributed by atoms with van der Waals surface area (Å²) in [6.45, 7) is 2.33. The molecule has 0 heterocycles. The maximum absolute atomic E-state index is 11.4. The van der Waals surface area contributed by atoms with E-state index in [9.17, 15) is 42.1 Å². The third-order valence-electron chi connectivity index (χ3n) is 5.39. The zero-order valence-electron chi connectivity index (χ0n) is 26.9. The van der Waals surface area contributed by atoms with Gasteiger partial charge in [-0.1, -0.05) is 6.92 Å². The first-order valence-corrected chi connectivity index (χ1v) is 22.6. The summed E-state index contributed by atoms with van der Waals surface area (Å²) in [6.07, 6.45) is -18.7. The molecule has 0 saturated heterocycles. The van der Waals surface area contributed by atoms with Crippen molar-refractivity contribution >= 4 is 58.9 Å². The number of carboxylic acids is 1. The Kier molecular flexibility index (Phi) is 19.5. The van der Waals surface area contributed by atoms with Crippen LogP contribution in [0.2, 0.25) is 0 Å². The van der Waals surface area contributed by atoms with Crippen molar-refractivity contribution in [2.75, 3.05) is 27.7 Å². The van der Waals surface area contributed by atoms with Crippen molar-refractivity contribution in [3.63, 3.8) is 0 Å². The SMILES string of the molecule is CCCC(=O)OC(CC(=O)[O-])C[N+](C)(C)C.O=P(O)(O)O[C@H]1[C@H](OP(=O)(O)O)[C@@H](OP(=O)(O)O)[C@H](OP(=O)(O)O)[C@@H](OP(=O)(O)O)[C@H]1OP(=O)(O)O. The second-order valence-electron chi connectivity index (χ2n) is 11.3. The Balaban J connectivity index is 0.00000136. The van der Waals surface area contributed by atoms with Gasteiger partial charge in [0.2, 0.25) is 0 Å². The molecular formula is C17H39NO28P6. The number of esters is 1. The first-order valence-electron chi connectivity index (χ1n) is 13.4. The van der Waals surface area contributed by atoms with E-state index in [1.54, 1.807) is 0 Å². The van der Waals surface area contributed by atoms with Gasteiger partial charge in [0, 0.05) is 18.8 Å². The fraction of sp³-hybridized carbons (Fsp3) is 0.882. The van der Waals surface area contributed by atoms with Gasteiger partial charge in [-0.2, -0.15) is 0 Å². The lowest BCUT2D eigenvalue weighted by atomic mass is 9.85. The molecular weight excluding hydrogens is 852 g/mol. The van der Waals surface area contributed by atoms with Gasteiger partial charge in [0.15, 0.2) is 6.10 Å². The molecule has 29 nitrogen and oxygen atoms in total. The number of hydrogen-bond acceptors (Lipinski definition) is 16. The summed E-state index contributed by atoms with van der Waals surface area (Å²) < 4.78 is 98.8. The first-order chi connectivity index (χ1) is 22.8. The Hall–Kier alpha value is -0.440. The summed E-state index contributed by atoms with van der Waals surface area (Å²) in [5.41, 5.74) is 0. The number of carboxylic acid groups (broad SMARTS) is 1. The van der Waals surface area contributed by atoms with Crippen molar-refractivity contribution in [1.29, 1.82) is 0 Å². The molecule has 1 saturated carbocycles. The normalized spacial score (nSPS) is 24.4. The third-order valence-corrected chi connectivity index (χ3v) is 8.50. The van der Waals surface area contributed by atoms with Crippen LogP contribution in [0.1, 0.15) is 26.2 Å². The van der Waals surface area contributed by atoms with Crippen LogP contribution in [0.5, 0.6) is 0 Å². The smallest absolute Gasteiger partial charge is 0.470 e. The summed E-state index contributed by atoms with van der Waals surface area (Å²) in [4.78, 5) is 131. The lowest BCUT2D eigenvalue weighted by Gasteiger charge is -2.48. The van der Waals surface area contributed by atoms with Crippen molar-refractivity contribution in [2.45, 2.75) is 68.9 Å². The molecule has 310 valence electrons. The average molecular weight is 891 g/mol. The standard InChI is InChI=1S/C11H21NO4.C6H18O24P6/c1-5-6-11(15)16-9(7-10(13)14)8-12(2,3)4;7-31(8,9)25-1-2(26-32(10,11)12)4(28-34(16,17)18)6(30-36(22,23)24)5(29-35(19,20)21)3(1)27-33(13,14)15/h9H,5-8H2,1-4H3;1-6H,(H2,7,8,9)(H2,10,11,12)(H2,13,14,15)(H2,16,17,18)(H2,19,20,21)(H2,22,23,24)/t;1-,2-,3-,4+,5-,6-. The average Bonchev–Trinajstić information content (AvgIpc) is 2.80. The summed E-state index contributed by atoms with van der Waals surface area (Å²) in [6, 6.07) is 0. The number of carbonyl (C=O) groups excluding carboxylic acids is 2. The molecule has 0 spiro atoms. The first kappa shape index (κ1) is 51.6. The highest BCUT2D eigenvalue weighted by atomic mass is 31.2. The summed E-state index contributed by atoms with van der Waals surface area (Å²) in [5, 5.41) is 10.5. The third kappa shape index (κ3) is 24.2. The highest BCUT2D eigenvalue weighted by Crippen LogP contribution is 2.57. The maximum Gasteiger partial charge on any atom is 0.470 e. The van der Waals surface area contributed by atoms with E-state index >= 15 is 0 Å². The molecule has 0 amide bonds. The predicted octanol–water partition coefficient (Wildman–Crippen LogP) is -3.59. The Labute approximate surface area is 292 Å². The monoisotopic (exact) mass is 891 g/mol. The van der Waals surface area contributed by atoms with E-state index in [0.29, 0.717) is 23.9 Å². The molecule has 1 atom stereocenters. The second-order valence-corrected chi connectivity index (χ2v) is 18.4. The van der Waals surface area contributed by atoms with Crippen molar-refractivity contribution in [3.8, 4) is 0 Å². The Morgan fingerprint density at radius 2 is 0.788 bits per heavy atom. The molecule has 0 aliphatic heterocycles. The Bertz CT molecular complexity index is 1250. The molecule has 35 heteroatoms. The molecule has 0 bridgehead atoms. The minimum Gasteiger partial charge on any atom is -0.550 e. The van der Waals surface area contributed by atoms with E-state index in [0.717, 1.165) is 0 Å². The zero-order chi connectivity index (χ0) is 41.5. The molecule has 1 aliphatic carbocycles. The van der Waals surface area contributed by atoms with Gasteiger partial charge in [-0.25, -0.2) is 27.4 Å². The zero-order valence-corrected chi connectivity index (χ0v) is 32.3. The number of aliphatic carboxylic acids is 1. The van der Waals surface area contributed by atoms with Crippen molar-refractivity contribution in [3.05, 3.63) is 0 Å². The summed E-state index contributed by atoms with van der Waals surface area (Å²) >= 11 is 0. The number of nitrogens with zero attached hydrogens (tertiary/aromatic N) is 1. The van der Waals surface area contributed by atoms with Gasteiger partial charge in [-0.05, 0) is 6.42 Å². The van der Waals surface area contributed by atoms with Crippen LogP contribution >= 0.6 is 46.9 Å². The van der Waals surface area contributed by atoms with Gasteiger partial charge < -0.3 is 77.8 Å². The van der Waals surface area contributed by atoms with E-state index in [1.165, 1.54) is 0 Å². The largest absolute Gasteiger partial charge is 0.550 e. The minimum absolute atomic E-state index is 0.245. The van der Waals surface area contributed by atoms with Gasteiger partial charge in [0.25, 0.3) is 0 Å². The van der Waals surface area contributed by atoms with Crippen LogP contribution in [0.25, 0.3) is 0 Å². The molecule has 0 aromatic heterocycles. The maximum atomic E-state index is 11.4. The quantitative estimate of drug-likeness (QED) is 0.0339. The molecule has 1 aliphatic rings. The van der Waals surface area contributed by atoms with E-state index in [4.69, 9.17) is 63.5 Å². The molecule has 1 fully saturated rings. The topological polar surface area (TPSA) is 467 Å². The van der Waals surface area contributed by atoms with E-state index < -0.39 is 95.6 Å². The molecule has 0 aromatic rings. The number of quaternary nitrogens is 1. The van der Waals surface area contributed by atoms with Crippen LogP contribution in [-0.2, 0) is 68.9 Å². The lowest BCUT2D eigenvalue weighted by Crippen LogP contribution is -2.66. The van der Waals surface area contributed by atoms with Crippen LogP contribution in [0.15, 0.2) is 0 Å². The van der Waals surface area contributed by atoms with E-state index in [1.807, 2.05) is 28.1 Å². The highest BCUT2D eigenvalue weighted by Gasteiger charge is 2.62. The molecule has 52 heavy (non-hydrogen) atoms. The number of likely N-dealkylation sites (N-methyl/N-ethyl adjacent to an activating group) is 1. The molecule has 12 N–H and O–H groups in total. The van der Waals surface area contributed by atoms with E-state index in [-0.39, 0.29) is 12.4 Å². The van der Waals surface area contributed by atoms with Crippen LogP contribution in [0, 0.1) is 0 Å². The van der Waals surface area contributed by atoms with Gasteiger partial charge in [0.1, 0.15) is 43.2 Å². The predicted molar refractivity (Wildman–Crippen MR) is 159 cm³/mol. The summed E-state index contributed by atoms with van der Waals surface area (Å²) in [7, 11) is -30.4. The molecule has 1 rings (SSSR count). The second kappa shape index (κ2) is 19.6. The lowest BCUT2D eigenvalue weighted by molar-refractivity contribution is -0.873. The van der Waals surface area contributed by atoms with E-state index in [2.05, 4.69) is 27.1 Å². The number of phosphoric acid groups is 6. The van der Waals surface area contributed by atoms with Crippen molar-refractivity contribution in [1.82, 2.24) is 0 Å². The van der Waals surface area contributed by atoms with Crippen molar-refractivity contribution < 1.29 is 137 Å². The molecule has 1 unspecified atom stereocenters. The van der Waals surface area contributed by atoms with Crippen LogP contribution in [0.4, 0.5) is 0 Å². The van der Waals surface area contributed by atoms with Gasteiger partial charge in [-0.15, -0.1) is 0 Å². The number of hydrogen-bond donors (Lipinski definition) is 12. The highest BCUT2D eigenvalue weighted by molar-refractivity contribution is 7.47. The Morgan fingerprint density at radius 1 is 0.558 bits per heavy atom. The van der Waals surface area contributed by atoms with Crippen LogP contribution < -0.4 is 5.11 Å². The van der Waals surface area contributed by atoms with Gasteiger partial charge in [0.05, 0.1) is 21.1 Å². The number of ether oxygens (including phenoxy) is 1. The number of rotatable bonds is 19. The molecule has 0 aromatic carbocycles. The van der Waals surface area contributed by atoms with Crippen molar-refractivity contribution in [2.24, 2.45) is 0 Å². The Morgan fingerprint density at radius 3 is 0.942 bits per heavy atom. The van der Waals surface area contributed by atoms with Gasteiger partial charge >= 0.3 is 52.9 Å². The molecule has 0 radical (unpaired) electrons. The number of carbonyl (C=O) groups is 2. The minimum atomic E-state index is -6.02.